The van der Waals surface area contributed by atoms with Gasteiger partial charge in [0, 0.05) is 10.1 Å². The van der Waals surface area contributed by atoms with Gasteiger partial charge in [-0.25, -0.2) is 4.79 Å². The standard InChI is InChI=1S/C10H10INO2/c11-7-4-6-2-1-3-12-9(6)8(5-7)10(13)14/h4-5,12H,1-3H2,(H,13,14). The van der Waals surface area contributed by atoms with E-state index in [9.17, 15) is 4.79 Å². The fourth-order valence-electron chi connectivity index (χ4n) is 1.73. The Morgan fingerprint density at radius 3 is 3.00 bits per heavy atom. The molecule has 1 aromatic carbocycles. The number of halogens is 1. The van der Waals surface area contributed by atoms with Gasteiger partial charge < -0.3 is 10.4 Å². The van der Waals surface area contributed by atoms with Crippen LogP contribution >= 0.6 is 22.6 Å². The number of fused-ring (bicyclic) bond motifs is 1. The largest absolute Gasteiger partial charge is 0.478 e. The van der Waals surface area contributed by atoms with Crippen LogP contribution in [0.3, 0.4) is 0 Å². The van der Waals surface area contributed by atoms with Crippen LogP contribution in [0.2, 0.25) is 0 Å². The van der Waals surface area contributed by atoms with Crippen LogP contribution in [0.4, 0.5) is 5.69 Å². The van der Waals surface area contributed by atoms with Crippen LogP contribution in [0.25, 0.3) is 0 Å². The zero-order valence-electron chi connectivity index (χ0n) is 7.51. The van der Waals surface area contributed by atoms with E-state index in [-0.39, 0.29) is 0 Å². The van der Waals surface area contributed by atoms with Crippen LogP contribution in [0, 0.1) is 3.57 Å². The van der Waals surface area contributed by atoms with Gasteiger partial charge in [-0.3, -0.25) is 0 Å². The van der Waals surface area contributed by atoms with Gasteiger partial charge in [-0.2, -0.15) is 0 Å². The number of hydrogen-bond acceptors (Lipinski definition) is 2. The first-order valence-corrected chi connectivity index (χ1v) is 5.56. The monoisotopic (exact) mass is 303 g/mol. The number of carboxylic acids is 1. The second kappa shape index (κ2) is 3.76. The van der Waals surface area contributed by atoms with E-state index >= 15 is 0 Å². The quantitative estimate of drug-likeness (QED) is 0.783. The summed E-state index contributed by atoms with van der Waals surface area (Å²) in [7, 11) is 0. The van der Waals surface area contributed by atoms with Crippen molar-refractivity contribution < 1.29 is 9.90 Å². The van der Waals surface area contributed by atoms with Crippen molar-refractivity contribution in [3.63, 3.8) is 0 Å². The van der Waals surface area contributed by atoms with E-state index in [2.05, 4.69) is 34.0 Å². The molecule has 2 rings (SSSR count). The lowest BCUT2D eigenvalue weighted by atomic mass is 9.99. The van der Waals surface area contributed by atoms with Crippen molar-refractivity contribution in [2.24, 2.45) is 0 Å². The Balaban J connectivity index is 2.58. The average molecular weight is 303 g/mol. The summed E-state index contributed by atoms with van der Waals surface area (Å²) in [4.78, 5) is 11.0. The normalized spacial score (nSPS) is 14.4. The average Bonchev–Trinajstić information content (AvgIpc) is 2.16. The van der Waals surface area contributed by atoms with E-state index in [0.717, 1.165) is 34.2 Å². The molecule has 0 amide bonds. The van der Waals surface area contributed by atoms with Gasteiger partial charge >= 0.3 is 5.97 Å². The molecule has 0 saturated carbocycles. The summed E-state index contributed by atoms with van der Waals surface area (Å²) in [6.07, 6.45) is 2.05. The van der Waals surface area contributed by atoms with Crippen molar-refractivity contribution in [2.45, 2.75) is 12.8 Å². The molecular weight excluding hydrogens is 293 g/mol. The Labute approximate surface area is 95.7 Å². The highest BCUT2D eigenvalue weighted by molar-refractivity contribution is 14.1. The molecule has 2 N–H and O–H groups in total. The van der Waals surface area contributed by atoms with Gasteiger partial charge in [-0.15, -0.1) is 0 Å². The highest BCUT2D eigenvalue weighted by Gasteiger charge is 2.17. The molecule has 3 nitrogen and oxygen atoms in total. The number of anilines is 1. The van der Waals surface area contributed by atoms with Gasteiger partial charge in [-0.05, 0) is 53.1 Å². The van der Waals surface area contributed by atoms with E-state index in [1.807, 2.05) is 0 Å². The molecular formula is C10H10INO2. The Morgan fingerprint density at radius 1 is 1.50 bits per heavy atom. The smallest absolute Gasteiger partial charge is 0.337 e. The summed E-state index contributed by atoms with van der Waals surface area (Å²) in [5, 5.41) is 12.2. The van der Waals surface area contributed by atoms with Crippen LogP contribution < -0.4 is 5.32 Å². The van der Waals surface area contributed by atoms with Gasteiger partial charge in [0.15, 0.2) is 0 Å². The highest BCUT2D eigenvalue weighted by Crippen LogP contribution is 2.28. The summed E-state index contributed by atoms with van der Waals surface area (Å²) in [6.45, 7) is 0.869. The zero-order valence-corrected chi connectivity index (χ0v) is 9.67. The zero-order chi connectivity index (χ0) is 10.1. The topological polar surface area (TPSA) is 49.3 Å². The highest BCUT2D eigenvalue weighted by atomic mass is 127. The molecule has 1 aromatic rings. The minimum Gasteiger partial charge on any atom is -0.478 e. The number of hydrogen-bond donors (Lipinski definition) is 2. The number of benzene rings is 1. The third-order valence-corrected chi connectivity index (χ3v) is 2.96. The molecule has 14 heavy (non-hydrogen) atoms. The van der Waals surface area contributed by atoms with Crippen molar-refractivity contribution in [3.8, 4) is 0 Å². The van der Waals surface area contributed by atoms with Crippen LogP contribution in [0.5, 0.6) is 0 Å². The molecule has 0 aliphatic carbocycles. The maximum Gasteiger partial charge on any atom is 0.337 e. The molecule has 0 atom stereocenters. The lowest BCUT2D eigenvalue weighted by Gasteiger charge is -2.20. The van der Waals surface area contributed by atoms with Crippen LogP contribution in [-0.2, 0) is 6.42 Å². The summed E-state index contributed by atoms with van der Waals surface area (Å²) >= 11 is 2.15. The van der Waals surface area contributed by atoms with Gasteiger partial charge in [-0.1, -0.05) is 0 Å². The maximum atomic E-state index is 11.0. The Bertz CT molecular complexity index is 390. The fraction of sp³-hybridized carbons (Fsp3) is 0.300. The summed E-state index contributed by atoms with van der Waals surface area (Å²) in [5.74, 6) is -0.853. The minimum atomic E-state index is -0.853. The van der Waals surface area contributed by atoms with Crippen molar-refractivity contribution in [1.82, 2.24) is 0 Å². The summed E-state index contributed by atoms with van der Waals surface area (Å²) < 4.78 is 0.988. The van der Waals surface area contributed by atoms with Crippen molar-refractivity contribution in [3.05, 3.63) is 26.8 Å². The van der Waals surface area contributed by atoms with Gasteiger partial charge in [0.1, 0.15) is 0 Å². The number of carboxylic acid groups (broad SMARTS) is 1. The van der Waals surface area contributed by atoms with E-state index in [1.54, 1.807) is 6.07 Å². The molecule has 0 bridgehead atoms. The molecule has 0 unspecified atom stereocenters. The maximum absolute atomic E-state index is 11.0. The predicted molar refractivity (Wildman–Crippen MR) is 62.9 cm³/mol. The molecule has 0 spiro atoms. The Kier molecular flexibility index (Phi) is 2.62. The summed E-state index contributed by atoms with van der Waals surface area (Å²) in [5.41, 5.74) is 2.33. The first-order chi connectivity index (χ1) is 6.68. The van der Waals surface area contributed by atoms with Crippen molar-refractivity contribution >= 4 is 34.2 Å². The van der Waals surface area contributed by atoms with Crippen LogP contribution in [-0.4, -0.2) is 17.6 Å². The van der Waals surface area contributed by atoms with Crippen LogP contribution in [0.15, 0.2) is 12.1 Å². The van der Waals surface area contributed by atoms with Crippen molar-refractivity contribution in [1.29, 1.82) is 0 Å². The van der Waals surface area contributed by atoms with E-state index in [4.69, 9.17) is 5.11 Å². The number of aromatic carboxylic acids is 1. The molecule has 4 heteroatoms. The first-order valence-electron chi connectivity index (χ1n) is 4.48. The number of nitrogens with one attached hydrogen (secondary N) is 1. The number of rotatable bonds is 1. The molecule has 1 aliphatic heterocycles. The molecule has 1 aliphatic rings. The molecule has 0 fully saturated rings. The summed E-state index contributed by atoms with van der Waals surface area (Å²) in [6, 6.07) is 3.76. The van der Waals surface area contributed by atoms with E-state index in [0.29, 0.717) is 5.56 Å². The Hall–Kier alpha value is -0.780. The predicted octanol–water partition coefficient (Wildman–Crippen LogP) is 2.35. The number of carbonyl (C=O) groups is 1. The molecule has 74 valence electrons. The molecule has 0 aromatic heterocycles. The fourth-order valence-corrected chi connectivity index (χ4v) is 2.42. The van der Waals surface area contributed by atoms with E-state index < -0.39 is 5.97 Å². The van der Waals surface area contributed by atoms with Gasteiger partial charge in [0.05, 0.1) is 11.3 Å². The second-order valence-corrected chi connectivity index (χ2v) is 4.57. The number of aryl methyl sites for hydroxylation is 1. The first kappa shape index (κ1) is 9.76. The van der Waals surface area contributed by atoms with Crippen molar-refractivity contribution in [2.75, 3.05) is 11.9 Å². The van der Waals surface area contributed by atoms with E-state index in [1.165, 1.54) is 0 Å². The molecule has 1 heterocycles. The van der Waals surface area contributed by atoms with Gasteiger partial charge in [0.2, 0.25) is 0 Å². The lowest BCUT2D eigenvalue weighted by molar-refractivity contribution is 0.0697. The SMILES string of the molecule is O=C(O)c1cc(I)cc2c1NCCC2. The minimum absolute atomic E-state index is 0.395. The van der Waals surface area contributed by atoms with Gasteiger partial charge in [0.25, 0.3) is 0 Å². The molecule has 0 saturated heterocycles. The third kappa shape index (κ3) is 1.70. The second-order valence-electron chi connectivity index (χ2n) is 3.32. The Morgan fingerprint density at radius 2 is 2.29 bits per heavy atom. The lowest BCUT2D eigenvalue weighted by Crippen LogP contribution is -2.16. The van der Waals surface area contributed by atoms with Crippen LogP contribution in [0.1, 0.15) is 22.3 Å². The molecule has 0 radical (unpaired) electrons. The third-order valence-electron chi connectivity index (χ3n) is 2.34.